The zero-order valence-corrected chi connectivity index (χ0v) is 14.1. The molecular weight excluding hydrogens is 242 g/mol. The van der Waals surface area contributed by atoms with Gasteiger partial charge in [-0.1, -0.05) is 57.1 Å². The molecule has 1 aliphatic heterocycles. The third-order valence-electron chi connectivity index (χ3n) is 4.59. The fraction of sp³-hybridized carbons (Fsp3) is 0.895. The van der Waals surface area contributed by atoms with E-state index in [0.29, 0.717) is 0 Å². The van der Waals surface area contributed by atoms with Crippen LogP contribution in [0.4, 0.5) is 0 Å². The highest BCUT2D eigenvalue weighted by molar-refractivity contribution is 5.01. The van der Waals surface area contributed by atoms with Gasteiger partial charge in [-0.25, -0.2) is 0 Å². The Morgan fingerprint density at radius 3 is 2.50 bits per heavy atom. The van der Waals surface area contributed by atoms with Crippen LogP contribution in [0.25, 0.3) is 0 Å². The maximum Gasteiger partial charge on any atom is 0 e. The van der Waals surface area contributed by atoms with E-state index in [4.69, 9.17) is 0 Å². The Balaban J connectivity index is 0.000000480. The highest BCUT2D eigenvalue weighted by atomic mass is 14.9. The van der Waals surface area contributed by atoms with Gasteiger partial charge in [0.15, 0.2) is 0 Å². The second-order valence-corrected chi connectivity index (χ2v) is 6.71. The van der Waals surface area contributed by atoms with E-state index in [1.165, 1.54) is 90.1 Å². The maximum absolute atomic E-state index is 3.28. The van der Waals surface area contributed by atoms with Crippen LogP contribution in [0.5, 0.6) is 0 Å². The van der Waals surface area contributed by atoms with Gasteiger partial charge in [0.2, 0.25) is 0 Å². The minimum absolute atomic E-state index is 0. The Kier molecular flexibility index (Phi) is 11.0. The standard InChI is InChI=1S/C14H26.C5H11N.H2/c1-3-4-5-6-10-14-11-8-7-9-13(2)12-14;1-2-4-6-5-3-1;/h9,14H,3-8,10-12H2,1-2H3;6H,1-5H2;1H. The van der Waals surface area contributed by atoms with E-state index in [1.807, 2.05) is 0 Å². The number of hydrogen-bond donors (Lipinski definition) is 1. The minimum Gasteiger partial charge on any atom is -0.317 e. The normalized spacial score (nSPS) is 23.3. The van der Waals surface area contributed by atoms with Crippen LogP contribution in [0, 0.1) is 5.92 Å². The Morgan fingerprint density at radius 1 is 1.10 bits per heavy atom. The fourth-order valence-electron chi connectivity index (χ4n) is 3.30. The van der Waals surface area contributed by atoms with E-state index in [9.17, 15) is 0 Å². The molecule has 0 spiro atoms. The number of unbranched alkanes of at least 4 members (excludes halogenated alkanes) is 3. The van der Waals surface area contributed by atoms with Gasteiger partial charge in [0, 0.05) is 1.43 Å². The molecule has 1 fully saturated rings. The molecule has 0 amide bonds. The zero-order valence-electron chi connectivity index (χ0n) is 14.1. The molecule has 2 rings (SSSR count). The van der Waals surface area contributed by atoms with Crippen LogP contribution in [0.2, 0.25) is 0 Å². The third-order valence-corrected chi connectivity index (χ3v) is 4.59. The lowest BCUT2D eigenvalue weighted by Crippen LogP contribution is -2.21. The average molecular weight is 282 g/mol. The molecule has 0 aromatic heterocycles. The zero-order chi connectivity index (χ0) is 14.5. The van der Waals surface area contributed by atoms with Gasteiger partial charge in [0.25, 0.3) is 0 Å². The molecule has 1 atom stereocenters. The van der Waals surface area contributed by atoms with Crippen molar-refractivity contribution in [1.29, 1.82) is 0 Å². The van der Waals surface area contributed by atoms with Crippen molar-refractivity contribution in [2.75, 3.05) is 13.1 Å². The molecule has 1 aliphatic carbocycles. The Morgan fingerprint density at radius 2 is 1.90 bits per heavy atom. The summed E-state index contributed by atoms with van der Waals surface area (Å²) in [5.74, 6) is 1.01. The lowest BCUT2D eigenvalue weighted by molar-refractivity contribution is 0.421. The van der Waals surface area contributed by atoms with Crippen LogP contribution in [-0.2, 0) is 0 Å². The molecule has 1 nitrogen and oxygen atoms in total. The van der Waals surface area contributed by atoms with Crippen LogP contribution < -0.4 is 5.32 Å². The molecule has 2 aliphatic rings. The topological polar surface area (TPSA) is 12.0 Å². The van der Waals surface area contributed by atoms with Gasteiger partial charge >= 0.3 is 0 Å². The smallest absolute Gasteiger partial charge is 0 e. The molecule has 0 bridgehead atoms. The molecule has 1 N–H and O–H groups in total. The summed E-state index contributed by atoms with van der Waals surface area (Å²) in [4.78, 5) is 0. The third kappa shape index (κ3) is 9.58. The molecule has 120 valence electrons. The molecule has 1 unspecified atom stereocenters. The lowest BCUT2D eigenvalue weighted by Gasteiger charge is -2.14. The van der Waals surface area contributed by atoms with Crippen molar-refractivity contribution in [3.8, 4) is 0 Å². The first kappa shape index (κ1) is 17.8. The number of rotatable bonds is 5. The largest absolute Gasteiger partial charge is 0.317 e. The highest BCUT2D eigenvalue weighted by Crippen LogP contribution is 2.27. The van der Waals surface area contributed by atoms with Crippen molar-refractivity contribution < 1.29 is 1.43 Å². The van der Waals surface area contributed by atoms with Crippen molar-refractivity contribution in [3.63, 3.8) is 0 Å². The molecule has 0 radical (unpaired) electrons. The Labute approximate surface area is 129 Å². The van der Waals surface area contributed by atoms with E-state index in [0.717, 1.165) is 5.92 Å². The summed E-state index contributed by atoms with van der Waals surface area (Å²) in [7, 11) is 0. The molecule has 0 saturated carbocycles. The van der Waals surface area contributed by atoms with E-state index in [2.05, 4.69) is 25.2 Å². The second-order valence-electron chi connectivity index (χ2n) is 6.71. The number of nitrogens with one attached hydrogen (secondary N) is 1. The second kappa shape index (κ2) is 12.4. The fourth-order valence-corrected chi connectivity index (χ4v) is 3.30. The van der Waals surface area contributed by atoms with Crippen molar-refractivity contribution in [1.82, 2.24) is 5.32 Å². The summed E-state index contributed by atoms with van der Waals surface area (Å²) >= 11 is 0. The first-order valence-electron chi connectivity index (χ1n) is 9.19. The number of allylic oxidation sites excluding steroid dienone is 2. The van der Waals surface area contributed by atoms with Crippen molar-refractivity contribution in [2.45, 2.75) is 90.9 Å². The molecule has 20 heavy (non-hydrogen) atoms. The Bertz CT molecular complexity index is 234. The van der Waals surface area contributed by atoms with E-state index in [1.54, 1.807) is 5.57 Å². The maximum atomic E-state index is 3.28. The van der Waals surface area contributed by atoms with E-state index in [-0.39, 0.29) is 1.43 Å². The van der Waals surface area contributed by atoms with Gasteiger partial charge in [0.05, 0.1) is 0 Å². The van der Waals surface area contributed by atoms with Gasteiger partial charge in [0.1, 0.15) is 0 Å². The Hall–Kier alpha value is -0.300. The van der Waals surface area contributed by atoms with Gasteiger partial charge in [-0.05, 0) is 64.5 Å². The highest BCUT2D eigenvalue weighted by Gasteiger charge is 2.11. The average Bonchev–Trinajstić information content (AvgIpc) is 2.70. The molecule has 1 heteroatoms. The molecule has 1 heterocycles. The van der Waals surface area contributed by atoms with Gasteiger partial charge < -0.3 is 5.32 Å². The summed E-state index contributed by atoms with van der Waals surface area (Å²) in [6.45, 7) is 7.10. The van der Waals surface area contributed by atoms with Crippen LogP contribution >= 0.6 is 0 Å². The molecule has 1 saturated heterocycles. The lowest BCUT2D eigenvalue weighted by atomic mass is 9.92. The minimum atomic E-state index is 0. The monoisotopic (exact) mass is 281 g/mol. The molecule has 0 aromatic carbocycles. The molecular formula is C19H39N. The molecule has 0 aromatic rings. The van der Waals surface area contributed by atoms with Crippen LogP contribution in [0.1, 0.15) is 92.3 Å². The van der Waals surface area contributed by atoms with Crippen molar-refractivity contribution in [3.05, 3.63) is 11.6 Å². The summed E-state index contributed by atoms with van der Waals surface area (Å²) in [5, 5.41) is 3.28. The van der Waals surface area contributed by atoms with Crippen LogP contribution in [0.15, 0.2) is 11.6 Å². The van der Waals surface area contributed by atoms with E-state index >= 15 is 0 Å². The van der Waals surface area contributed by atoms with Crippen molar-refractivity contribution >= 4 is 0 Å². The quantitative estimate of drug-likeness (QED) is 0.474. The predicted octanol–water partition coefficient (Wildman–Crippen LogP) is 6.10. The predicted molar refractivity (Wildman–Crippen MR) is 93.3 cm³/mol. The summed E-state index contributed by atoms with van der Waals surface area (Å²) < 4.78 is 0. The van der Waals surface area contributed by atoms with Gasteiger partial charge in [-0.2, -0.15) is 0 Å². The van der Waals surface area contributed by atoms with Crippen molar-refractivity contribution in [2.24, 2.45) is 5.92 Å². The summed E-state index contributed by atoms with van der Waals surface area (Å²) in [6, 6.07) is 0. The van der Waals surface area contributed by atoms with Gasteiger partial charge in [-0.15, -0.1) is 0 Å². The van der Waals surface area contributed by atoms with Crippen LogP contribution in [-0.4, -0.2) is 13.1 Å². The number of piperidine rings is 1. The summed E-state index contributed by atoms with van der Waals surface area (Å²) in [6.07, 6.45) is 19.5. The number of hydrogen-bond acceptors (Lipinski definition) is 1. The van der Waals surface area contributed by atoms with Crippen LogP contribution in [0.3, 0.4) is 0 Å². The SMILES string of the molecule is C1CCNCC1.CCCCCCC1CCCC=C(C)C1.[HH]. The van der Waals surface area contributed by atoms with E-state index < -0.39 is 0 Å². The summed E-state index contributed by atoms with van der Waals surface area (Å²) in [5.41, 5.74) is 1.64. The van der Waals surface area contributed by atoms with Gasteiger partial charge in [-0.3, -0.25) is 0 Å². The first-order chi connectivity index (χ1) is 9.83. The first-order valence-corrected chi connectivity index (χ1v) is 9.19.